The zero-order chi connectivity index (χ0) is 15.7. The van der Waals surface area contributed by atoms with Gasteiger partial charge in [0.15, 0.2) is 5.96 Å². The Kier molecular flexibility index (Phi) is 10.6. The molecule has 0 heterocycles. The standard InChI is InChI=1S/C16H26N4O.HI/c1-12(2)15(21)18-9-10-19-16(17-4)20-11-14-8-6-5-7-13(14)3;/h5-8,12H,9-11H2,1-4H3,(H,18,21)(H2,17,19,20);1H. The zero-order valence-electron chi connectivity index (χ0n) is 13.8. The summed E-state index contributed by atoms with van der Waals surface area (Å²) in [7, 11) is 1.74. The molecule has 0 aliphatic heterocycles. The van der Waals surface area contributed by atoms with Gasteiger partial charge in [-0.2, -0.15) is 0 Å². The summed E-state index contributed by atoms with van der Waals surface area (Å²) in [5.74, 6) is 0.820. The van der Waals surface area contributed by atoms with E-state index in [2.05, 4.69) is 40.0 Å². The van der Waals surface area contributed by atoms with E-state index < -0.39 is 0 Å². The minimum absolute atomic E-state index is 0. The van der Waals surface area contributed by atoms with Crippen molar-refractivity contribution in [1.29, 1.82) is 0 Å². The van der Waals surface area contributed by atoms with Gasteiger partial charge >= 0.3 is 0 Å². The Morgan fingerprint density at radius 1 is 1.14 bits per heavy atom. The van der Waals surface area contributed by atoms with Crippen LogP contribution in [0.25, 0.3) is 0 Å². The highest BCUT2D eigenvalue weighted by atomic mass is 127. The molecule has 124 valence electrons. The van der Waals surface area contributed by atoms with Crippen molar-refractivity contribution in [2.45, 2.75) is 27.3 Å². The van der Waals surface area contributed by atoms with E-state index in [9.17, 15) is 4.79 Å². The third-order valence-electron chi connectivity index (χ3n) is 3.17. The van der Waals surface area contributed by atoms with Crippen LogP contribution in [0.1, 0.15) is 25.0 Å². The van der Waals surface area contributed by atoms with Gasteiger partial charge in [-0.05, 0) is 18.1 Å². The van der Waals surface area contributed by atoms with Crippen LogP contribution in [0.4, 0.5) is 0 Å². The highest BCUT2D eigenvalue weighted by Gasteiger charge is 2.05. The molecular weight excluding hydrogens is 391 g/mol. The Bertz CT molecular complexity index is 489. The number of nitrogens with zero attached hydrogens (tertiary/aromatic N) is 1. The van der Waals surface area contributed by atoms with Crippen molar-refractivity contribution < 1.29 is 4.79 Å². The van der Waals surface area contributed by atoms with Gasteiger partial charge in [0.2, 0.25) is 5.91 Å². The average molecular weight is 418 g/mol. The van der Waals surface area contributed by atoms with Gasteiger partial charge in [-0.3, -0.25) is 9.79 Å². The van der Waals surface area contributed by atoms with Crippen molar-refractivity contribution in [1.82, 2.24) is 16.0 Å². The number of rotatable bonds is 6. The lowest BCUT2D eigenvalue weighted by molar-refractivity contribution is -0.123. The van der Waals surface area contributed by atoms with E-state index in [1.807, 2.05) is 26.0 Å². The van der Waals surface area contributed by atoms with Crippen LogP contribution in [-0.2, 0) is 11.3 Å². The first-order valence-corrected chi connectivity index (χ1v) is 7.31. The lowest BCUT2D eigenvalue weighted by atomic mass is 10.1. The first-order valence-electron chi connectivity index (χ1n) is 7.31. The molecule has 6 heteroatoms. The number of guanidine groups is 1. The number of halogens is 1. The van der Waals surface area contributed by atoms with Crippen LogP contribution in [0.15, 0.2) is 29.3 Å². The summed E-state index contributed by atoms with van der Waals surface area (Å²) in [6.07, 6.45) is 0. The molecule has 0 saturated carbocycles. The Balaban J connectivity index is 0.00000441. The normalized spacial score (nSPS) is 10.9. The molecule has 1 rings (SSSR count). The minimum Gasteiger partial charge on any atom is -0.355 e. The van der Waals surface area contributed by atoms with Crippen LogP contribution in [0.2, 0.25) is 0 Å². The number of amides is 1. The summed E-state index contributed by atoms with van der Waals surface area (Å²) < 4.78 is 0. The Morgan fingerprint density at radius 2 is 1.77 bits per heavy atom. The second-order valence-electron chi connectivity index (χ2n) is 5.22. The van der Waals surface area contributed by atoms with E-state index in [1.54, 1.807) is 7.05 Å². The molecule has 22 heavy (non-hydrogen) atoms. The van der Waals surface area contributed by atoms with E-state index in [0.29, 0.717) is 13.1 Å². The van der Waals surface area contributed by atoms with E-state index in [-0.39, 0.29) is 35.8 Å². The number of benzene rings is 1. The molecule has 0 saturated heterocycles. The monoisotopic (exact) mass is 418 g/mol. The Morgan fingerprint density at radius 3 is 2.36 bits per heavy atom. The van der Waals surface area contributed by atoms with Crippen molar-refractivity contribution in [3.8, 4) is 0 Å². The molecule has 0 aromatic heterocycles. The van der Waals surface area contributed by atoms with Gasteiger partial charge in [-0.1, -0.05) is 38.1 Å². The summed E-state index contributed by atoms with van der Waals surface area (Å²) in [4.78, 5) is 15.6. The Labute approximate surface area is 150 Å². The van der Waals surface area contributed by atoms with E-state index in [0.717, 1.165) is 12.5 Å². The van der Waals surface area contributed by atoms with Crippen LogP contribution < -0.4 is 16.0 Å². The fourth-order valence-electron chi connectivity index (χ4n) is 1.78. The fraction of sp³-hybridized carbons (Fsp3) is 0.500. The van der Waals surface area contributed by atoms with E-state index in [4.69, 9.17) is 0 Å². The molecule has 0 aliphatic rings. The molecule has 1 amide bonds. The molecule has 0 radical (unpaired) electrons. The maximum absolute atomic E-state index is 11.4. The molecule has 0 bridgehead atoms. The second kappa shape index (κ2) is 11.3. The highest BCUT2D eigenvalue weighted by molar-refractivity contribution is 14.0. The summed E-state index contributed by atoms with van der Waals surface area (Å²) >= 11 is 0. The summed E-state index contributed by atoms with van der Waals surface area (Å²) in [5.41, 5.74) is 2.50. The van der Waals surface area contributed by atoms with Gasteiger partial charge in [0.05, 0.1) is 0 Å². The molecule has 0 unspecified atom stereocenters. The quantitative estimate of drug-likeness (QED) is 0.287. The van der Waals surface area contributed by atoms with Crippen molar-refractivity contribution in [3.63, 3.8) is 0 Å². The maximum atomic E-state index is 11.4. The van der Waals surface area contributed by atoms with Crippen LogP contribution in [0, 0.1) is 12.8 Å². The van der Waals surface area contributed by atoms with Crippen LogP contribution >= 0.6 is 24.0 Å². The van der Waals surface area contributed by atoms with Crippen molar-refractivity contribution in [2.75, 3.05) is 20.1 Å². The molecule has 0 fully saturated rings. The van der Waals surface area contributed by atoms with Crippen molar-refractivity contribution in [2.24, 2.45) is 10.9 Å². The van der Waals surface area contributed by atoms with Crippen LogP contribution in [0.3, 0.4) is 0 Å². The molecule has 0 atom stereocenters. The summed E-state index contributed by atoms with van der Waals surface area (Å²) in [6.45, 7) is 7.81. The van der Waals surface area contributed by atoms with E-state index in [1.165, 1.54) is 11.1 Å². The van der Waals surface area contributed by atoms with Gasteiger partial charge in [-0.15, -0.1) is 24.0 Å². The molecule has 1 aromatic carbocycles. The fourth-order valence-corrected chi connectivity index (χ4v) is 1.78. The number of hydrogen-bond acceptors (Lipinski definition) is 2. The second-order valence-corrected chi connectivity index (χ2v) is 5.22. The van der Waals surface area contributed by atoms with Crippen molar-refractivity contribution >= 4 is 35.8 Å². The number of hydrogen-bond donors (Lipinski definition) is 3. The van der Waals surface area contributed by atoms with Gasteiger partial charge < -0.3 is 16.0 Å². The van der Waals surface area contributed by atoms with Gasteiger partial charge in [0, 0.05) is 32.6 Å². The SMILES string of the molecule is CN=C(NCCNC(=O)C(C)C)NCc1ccccc1C.I. The van der Waals surface area contributed by atoms with Gasteiger partial charge in [-0.25, -0.2) is 0 Å². The summed E-state index contributed by atoms with van der Waals surface area (Å²) in [5, 5.41) is 9.30. The predicted molar refractivity (Wildman–Crippen MR) is 103 cm³/mol. The summed E-state index contributed by atoms with van der Waals surface area (Å²) in [6, 6.07) is 8.25. The lowest BCUT2D eigenvalue weighted by Gasteiger charge is -2.14. The molecule has 3 N–H and O–H groups in total. The molecule has 1 aromatic rings. The topological polar surface area (TPSA) is 65.5 Å². The highest BCUT2D eigenvalue weighted by Crippen LogP contribution is 2.05. The number of aliphatic imine (C=N–C) groups is 1. The number of carbonyl (C=O) groups excluding carboxylic acids is 1. The first-order chi connectivity index (χ1) is 10.0. The number of nitrogens with one attached hydrogen (secondary N) is 3. The molecular formula is C16H27IN4O. The van der Waals surface area contributed by atoms with Crippen molar-refractivity contribution in [3.05, 3.63) is 35.4 Å². The zero-order valence-corrected chi connectivity index (χ0v) is 16.1. The predicted octanol–water partition coefficient (Wildman–Crippen LogP) is 2.05. The van der Waals surface area contributed by atoms with Gasteiger partial charge in [0.1, 0.15) is 0 Å². The third kappa shape index (κ3) is 7.63. The van der Waals surface area contributed by atoms with Crippen LogP contribution in [0.5, 0.6) is 0 Å². The largest absolute Gasteiger partial charge is 0.355 e. The Hall–Kier alpha value is -1.31. The molecule has 0 aliphatic carbocycles. The molecule has 0 spiro atoms. The van der Waals surface area contributed by atoms with Gasteiger partial charge in [0.25, 0.3) is 0 Å². The van der Waals surface area contributed by atoms with Crippen LogP contribution in [-0.4, -0.2) is 32.0 Å². The third-order valence-corrected chi connectivity index (χ3v) is 3.17. The first kappa shape index (κ1) is 20.7. The number of aryl methyl sites for hydroxylation is 1. The smallest absolute Gasteiger partial charge is 0.222 e. The molecule has 5 nitrogen and oxygen atoms in total. The number of carbonyl (C=O) groups is 1. The maximum Gasteiger partial charge on any atom is 0.222 e. The minimum atomic E-state index is 0. The lowest BCUT2D eigenvalue weighted by Crippen LogP contribution is -2.41. The average Bonchev–Trinajstić information content (AvgIpc) is 2.47. The van der Waals surface area contributed by atoms with E-state index >= 15 is 0 Å².